The van der Waals surface area contributed by atoms with E-state index in [2.05, 4.69) is 6.92 Å². The Hall–Kier alpha value is -1.84. The van der Waals surface area contributed by atoms with E-state index in [9.17, 15) is 9.59 Å². The largest absolute Gasteiger partial charge is 0.466 e. The highest BCUT2D eigenvalue weighted by molar-refractivity contribution is 5.79. The predicted octanol–water partition coefficient (Wildman–Crippen LogP) is 5.23. The number of benzene rings is 1. The van der Waals surface area contributed by atoms with Crippen LogP contribution in [0.3, 0.4) is 0 Å². The molecule has 0 aromatic heterocycles. The van der Waals surface area contributed by atoms with E-state index in [1.165, 1.54) is 32.1 Å². The second-order valence-corrected chi connectivity index (χ2v) is 6.32. The minimum atomic E-state index is -0.402. The average Bonchev–Trinajstić information content (AvgIpc) is 2.62. The number of carbonyl (C=O) groups excluding carboxylic acids is 2. The van der Waals surface area contributed by atoms with Crippen molar-refractivity contribution in [1.29, 1.82) is 0 Å². The minimum Gasteiger partial charge on any atom is -0.466 e. The third-order valence-corrected chi connectivity index (χ3v) is 4.08. The Kier molecular flexibility index (Phi) is 11.4. The zero-order chi connectivity index (χ0) is 18.3. The third kappa shape index (κ3) is 10.6. The molecule has 1 aromatic rings. The van der Waals surface area contributed by atoms with Crippen molar-refractivity contribution in [2.75, 3.05) is 6.61 Å². The summed E-state index contributed by atoms with van der Waals surface area (Å²) in [6.45, 7) is 4.69. The lowest BCUT2D eigenvalue weighted by Gasteiger charge is -2.07. The van der Waals surface area contributed by atoms with Crippen LogP contribution in [0.25, 0.3) is 0 Å². The highest BCUT2D eigenvalue weighted by Crippen LogP contribution is 2.14. The molecule has 1 aromatic carbocycles. The van der Waals surface area contributed by atoms with Gasteiger partial charge in [0.1, 0.15) is 5.75 Å². The summed E-state index contributed by atoms with van der Waals surface area (Å²) in [5.74, 6) is -0.202. The molecule has 0 radical (unpaired) electrons. The lowest BCUT2D eigenvalue weighted by Crippen LogP contribution is -2.13. The summed E-state index contributed by atoms with van der Waals surface area (Å²) in [5, 5.41) is 0. The molecule has 0 aliphatic rings. The Morgan fingerprint density at radius 3 is 2.28 bits per heavy atom. The molecule has 0 bridgehead atoms. The SMILES string of the molecule is CCCCCCCCCOC(=O)CCC(=O)Oc1cccc(CC)c1. The van der Waals surface area contributed by atoms with Crippen LogP contribution in [-0.4, -0.2) is 18.5 Å². The summed E-state index contributed by atoms with van der Waals surface area (Å²) in [6, 6.07) is 7.43. The topological polar surface area (TPSA) is 52.6 Å². The molecule has 0 heterocycles. The molecule has 0 amide bonds. The summed E-state index contributed by atoms with van der Waals surface area (Å²) in [7, 11) is 0. The molecule has 25 heavy (non-hydrogen) atoms. The number of hydrogen-bond donors (Lipinski definition) is 0. The number of carbonyl (C=O) groups is 2. The van der Waals surface area contributed by atoms with Crippen molar-refractivity contribution in [3.8, 4) is 5.75 Å². The molecule has 0 unspecified atom stereocenters. The maximum atomic E-state index is 11.8. The summed E-state index contributed by atoms with van der Waals surface area (Å²) in [6.07, 6.45) is 9.29. The van der Waals surface area contributed by atoms with Gasteiger partial charge in [-0.05, 0) is 30.5 Å². The van der Waals surface area contributed by atoms with E-state index in [1.54, 1.807) is 6.07 Å². The maximum Gasteiger partial charge on any atom is 0.311 e. The van der Waals surface area contributed by atoms with Crippen LogP contribution in [0.15, 0.2) is 24.3 Å². The van der Waals surface area contributed by atoms with E-state index < -0.39 is 5.97 Å². The second-order valence-electron chi connectivity index (χ2n) is 6.32. The van der Waals surface area contributed by atoms with E-state index in [1.807, 2.05) is 25.1 Å². The molecule has 0 aliphatic carbocycles. The summed E-state index contributed by atoms with van der Waals surface area (Å²) in [5.41, 5.74) is 1.11. The highest BCUT2D eigenvalue weighted by atomic mass is 16.5. The first kappa shape index (κ1) is 21.2. The van der Waals surface area contributed by atoms with E-state index in [0.717, 1.165) is 24.8 Å². The Bertz CT molecular complexity index is 510. The van der Waals surface area contributed by atoms with Gasteiger partial charge in [0, 0.05) is 0 Å². The summed E-state index contributed by atoms with van der Waals surface area (Å²) < 4.78 is 10.4. The molecule has 0 spiro atoms. The average molecular weight is 348 g/mol. The van der Waals surface area contributed by atoms with Crippen molar-refractivity contribution >= 4 is 11.9 Å². The molecule has 140 valence electrons. The first-order valence-electron chi connectivity index (χ1n) is 9.61. The molecule has 0 fully saturated rings. The van der Waals surface area contributed by atoms with Crippen LogP contribution < -0.4 is 4.74 Å². The fourth-order valence-corrected chi connectivity index (χ4v) is 2.53. The molecule has 0 N–H and O–H groups in total. The van der Waals surface area contributed by atoms with E-state index in [-0.39, 0.29) is 18.8 Å². The highest BCUT2D eigenvalue weighted by Gasteiger charge is 2.10. The van der Waals surface area contributed by atoms with Gasteiger partial charge in [0.2, 0.25) is 0 Å². The second kappa shape index (κ2) is 13.5. The van der Waals surface area contributed by atoms with Crippen molar-refractivity contribution in [2.45, 2.75) is 78.1 Å². The van der Waals surface area contributed by atoms with Crippen LogP contribution >= 0.6 is 0 Å². The van der Waals surface area contributed by atoms with Gasteiger partial charge in [-0.25, -0.2) is 0 Å². The fourth-order valence-electron chi connectivity index (χ4n) is 2.53. The molecular weight excluding hydrogens is 316 g/mol. The van der Waals surface area contributed by atoms with Crippen molar-refractivity contribution in [2.24, 2.45) is 0 Å². The molecule has 0 atom stereocenters. The standard InChI is InChI=1S/C21H32O4/c1-3-5-6-7-8-9-10-16-24-20(22)14-15-21(23)25-19-13-11-12-18(4-2)17-19/h11-13,17H,3-10,14-16H2,1-2H3. The van der Waals surface area contributed by atoms with Crippen molar-refractivity contribution in [1.82, 2.24) is 0 Å². The number of rotatable bonds is 13. The Morgan fingerprint density at radius 1 is 0.880 bits per heavy atom. The minimum absolute atomic E-state index is 0.0478. The monoisotopic (exact) mass is 348 g/mol. The number of hydrogen-bond acceptors (Lipinski definition) is 4. The predicted molar refractivity (Wildman–Crippen MR) is 99.6 cm³/mol. The molecule has 0 saturated heterocycles. The Labute approximate surface area is 151 Å². The number of ether oxygens (including phenoxy) is 2. The van der Waals surface area contributed by atoms with E-state index in [4.69, 9.17) is 9.47 Å². The van der Waals surface area contributed by atoms with Crippen LogP contribution in [-0.2, 0) is 20.7 Å². The molecule has 0 saturated carbocycles. The van der Waals surface area contributed by atoms with Gasteiger partial charge in [-0.3, -0.25) is 9.59 Å². The van der Waals surface area contributed by atoms with Gasteiger partial charge in [-0.15, -0.1) is 0 Å². The number of aryl methyl sites for hydroxylation is 1. The lowest BCUT2D eigenvalue weighted by atomic mass is 10.1. The van der Waals surface area contributed by atoms with Crippen molar-refractivity contribution < 1.29 is 19.1 Å². The number of esters is 2. The smallest absolute Gasteiger partial charge is 0.311 e. The third-order valence-electron chi connectivity index (χ3n) is 4.08. The van der Waals surface area contributed by atoms with Crippen LogP contribution in [0.2, 0.25) is 0 Å². The van der Waals surface area contributed by atoms with Gasteiger partial charge in [0.05, 0.1) is 19.4 Å². The van der Waals surface area contributed by atoms with E-state index >= 15 is 0 Å². The normalized spacial score (nSPS) is 10.5. The molecular formula is C21H32O4. The first-order chi connectivity index (χ1) is 12.2. The van der Waals surface area contributed by atoms with E-state index in [0.29, 0.717) is 12.4 Å². The summed E-state index contributed by atoms with van der Waals surface area (Å²) >= 11 is 0. The van der Waals surface area contributed by atoms with Crippen LogP contribution in [0.4, 0.5) is 0 Å². The quantitative estimate of drug-likeness (QED) is 0.278. The lowest BCUT2D eigenvalue weighted by molar-refractivity contribution is -0.147. The zero-order valence-electron chi connectivity index (χ0n) is 15.7. The van der Waals surface area contributed by atoms with Gasteiger partial charge >= 0.3 is 11.9 Å². The van der Waals surface area contributed by atoms with Gasteiger partial charge < -0.3 is 9.47 Å². The van der Waals surface area contributed by atoms with Crippen molar-refractivity contribution in [3.05, 3.63) is 29.8 Å². The molecule has 0 aliphatic heterocycles. The zero-order valence-corrected chi connectivity index (χ0v) is 15.7. The summed E-state index contributed by atoms with van der Waals surface area (Å²) in [4.78, 5) is 23.4. The first-order valence-corrected chi connectivity index (χ1v) is 9.61. The molecule has 1 rings (SSSR count). The van der Waals surface area contributed by atoms with Crippen LogP contribution in [0.1, 0.15) is 77.2 Å². The molecule has 4 heteroatoms. The fraction of sp³-hybridized carbons (Fsp3) is 0.619. The van der Waals surface area contributed by atoms with Crippen LogP contribution in [0.5, 0.6) is 5.75 Å². The Morgan fingerprint density at radius 2 is 1.56 bits per heavy atom. The van der Waals surface area contributed by atoms with Crippen LogP contribution in [0, 0.1) is 0 Å². The van der Waals surface area contributed by atoms with Gasteiger partial charge in [0.15, 0.2) is 0 Å². The molecule has 4 nitrogen and oxygen atoms in total. The number of unbranched alkanes of at least 4 members (excludes halogenated alkanes) is 6. The Balaban J connectivity index is 2.08. The van der Waals surface area contributed by atoms with Gasteiger partial charge in [-0.2, -0.15) is 0 Å². The van der Waals surface area contributed by atoms with Gasteiger partial charge in [-0.1, -0.05) is 64.5 Å². The van der Waals surface area contributed by atoms with Crippen molar-refractivity contribution in [3.63, 3.8) is 0 Å². The van der Waals surface area contributed by atoms with Gasteiger partial charge in [0.25, 0.3) is 0 Å². The maximum absolute atomic E-state index is 11.8.